The normalized spacial score (nSPS) is 9.81. The van der Waals surface area contributed by atoms with Gasteiger partial charge >= 0.3 is 5.97 Å². The molecule has 2 aromatic rings. The third kappa shape index (κ3) is 2.64. The topological polar surface area (TPSA) is 26.3 Å². The van der Waals surface area contributed by atoms with Crippen molar-refractivity contribution in [3.05, 3.63) is 60.2 Å². The maximum atomic E-state index is 11.7. The molecule has 2 aromatic carbocycles. The molecule has 0 saturated heterocycles. The minimum atomic E-state index is -0.362. The van der Waals surface area contributed by atoms with Crippen molar-refractivity contribution >= 4 is 18.6 Å². The Kier molecular flexibility index (Phi) is 3.27. The summed E-state index contributed by atoms with van der Waals surface area (Å²) in [6, 6.07) is 15.9. The Morgan fingerprint density at radius 3 is 2.19 bits per heavy atom. The number of thiol groups is 1. The van der Waals surface area contributed by atoms with Crippen LogP contribution in [0.2, 0.25) is 0 Å². The number of esters is 1. The van der Waals surface area contributed by atoms with E-state index in [4.69, 9.17) is 4.74 Å². The smallest absolute Gasteiger partial charge is 0.343 e. The predicted octanol–water partition coefficient (Wildman–Crippen LogP) is 3.19. The molecule has 0 aliphatic heterocycles. The molecule has 0 spiro atoms. The molecule has 0 heterocycles. The standard InChI is InChI=1S/C13H10O2S/c14-13(10-6-8-12(16)9-7-10)15-11-4-2-1-3-5-11/h1-9,16H. The SMILES string of the molecule is O=C(Oc1ccccc1)c1ccc(S)cc1. The summed E-state index contributed by atoms with van der Waals surface area (Å²) in [6.45, 7) is 0. The van der Waals surface area contributed by atoms with E-state index >= 15 is 0 Å². The molecule has 0 radical (unpaired) electrons. The van der Waals surface area contributed by atoms with Gasteiger partial charge in [0.1, 0.15) is 5.75 Å². The van der Waals surface area contributed by atoms with Gasteiger partial charge in [0.25, 0.3) is 0 Å². The first-order valence-electron chi connectivity index (χ1n) is 4.82. The fraction of sp³-hybridized carbons (Fsp3) is 0. The van der Waals surface area contributed by atoms with Gasteiger partial charge in [0.2, 0.25) is 0 Å². The van der Waals surface area contributed by atoms with Crippen LogP contribution in [0, 0.1) is 0 Å². The first kappa shape index (κ1) is 10.8. The number of benzene rings is 2. The average Bonchev–Trinajstić information content (AvgIpc) is 2.31. The van der Waals surface area contributed by atoms with Crippen LogP contribution < -0.4 is 4.74 Å². The van der Waals surface area contributed by atoms with Gasteiger partial charge in [0.05, 0.1) is 5.56 Å². The van der Waals surface area contributed by atoms with Crippen molar-refractivity contribution in [1.82, 2.24) is 0 Å². The Hall–Kier alpha value is -1.74. The van der Waals surface area contributed by atoms with Crippen LogP contribution in [0.3, 0.4) is 0 Å². The minimum absolute atomic E-state index is 0.362. The zero-order valence-corrected chi connectivity index (χ0v) is 9.35. The largest absolute Gasteiger partial charge is 0.423 e. The summed E-state index contributed by atoms with van der Waals surface area (Å²) in [5, 5.41) is 0. The van der Waals surface area contributed by atoms with Crippen molar-refractivity contribution in [3.63, 3.8) is 0 Å². The zero-order chi connectivity index (χ0) is 11.4. The van der Waals surface area contributed by atoms with Crippen LogP contribution in [0.15, 0.2) is 59.5 Å². The number of para-hydroxylation sites is 1. The molecular formula is C13H10O2S. The molecule has 0 atom stereocenters. The van der Waals surface area contributed by atoms with Gasteiger partial charge in [0.15, 0.2) is 0 Å². The summed E-state index contributed by atoms with van der Waals surface area (Å²) in [7, 11) is 0. The maximum Gasteiger partial charge on any atom is 0.343 e. The molecule has 0 N–H and O–H groups in total. The maximum absolute atomic E-state index is 11.7. The monoisotopic (exact) mass is 230 g/mol. The second-order valence-electron chi connectivity index (χ2n) is 3.25. The van der Waals surface area contributed by atoms with Crippen LogP contribution in [0.25, 0.3) is 0 Å². The van der Waals surface area contributed by atoms with E-state index in [0.717, 1.165) is 4.90 Å². The number of hydrogen-bond donors (Lipinski definition) is 1. The number of carbonyl (C=O) groups is 1. The molecule has 0 aliphatic rings. The van der Waals surface area contributed by atoms with Gasteiger partial charge in [-0.3, -0.25) is 0 Å². The number of carbonyl (C=O) groups excluding carboxylic acids is 1. The summed E-state index contributed by atoms with van der Waals surface area (Å²) < 4.78 is 5.18. The van der Waals surface area contributed by atoms with Crippen LogP contribution in [-0.2, 0) is 0 Å². The summed E-state index contributed by atoms with van der Waals surface area (Å²) in [5.74, 6) is 0.182. The van der Waals surface area contributed by atoms with Crippen molar-refractivity contribution in [3.8, 4) is 5.75 Å². The van der Waals surface area contributed by atoms with Crippen molar-refractivity contribution in [2.75, 3.05) is 0 Å². The summed E-state index contributed by atoms with van der Waals surface area (Å²) in [6.07, 6.45) is 0. The lowest BCUT2D eigenvalue weighted by Crippen LogP contribution is -2.07. The van der Waals surface area contributed by atoms with Crippen LogP contribution >= 0.6 is 12.6 Å². The molecule has 16 heavy (non-hydrogen) atoms. The summed E-state index contributed by atoms with van der Waals surface area (Å²) >= 11 is 4.15. The molecule has 0 bridgehead atoms. The first-order valence-corrected chi connectivity index (χ1v) is 5.27. The lowest BCUT2D eigenvalue weighted by atomic mass is 10.2. The Morgan fingerprint density at radius 1 is 0.938 bits per heavy atom. The molecule has 0 saturated carbocycles. The lowest BCUT2D eigenvalue weighted by molar-refractivity contribution is 0.0734. The van der Waals surface area contributed by atoms with Crippen LogP contribution in [-0.4, -0.2) is 5.97 Å². The van der Waals surface area contributed by atoms with Gasteiger partial charge < -0.3 is 4.74 Å². The molecule has 3 heteroatoms. The van der Waals surface area contributed by atoms with E-state index in [-0.39, 0.29) is 5.97 Å². The van der Waals surface area contributed by atoms with Gasteiger partial charge in [-0.25, -0.2) is 4.79 Å². The van der Waals surface area contributed by atoms with Crippen LogP contribution in [0.4, 0.5) is 0 Å². The average molecular weight is 230 g/mol. The molecule has 0 aromatic heterocycles. The highest BCUT2D eigenvalue weighted by atomic mass is 32.1. The highest BCUT2D eigenvalue weighted by molar-refractivity contribution is 7.80. The van der Waals surface area contributed by atoms with E-state index in [1.165, 1.54) is 0 Å². The quantitative estimate of drug-likeness (QED) is 0.487. The zero-order valence-electron chi connectivity index (χ0n) is 8.46. The summed E-state index contributed by atoms with van der Waals surface area (Å²) in [5.41, 5.74) is 0.515. The van der Waals surface area contributed by atoms with Gasteiger partial charge in [-0.15, -0.1) is 12.6 Å². The molecule has 0 unspecified atom stereocenters. The fourth-order valence-electron chi connectivity index (χ4n) is 1.25. The second kappa shape index (κ2) is 4.86. The van der Waals surface area contributed by atoms with Gasteiger partial charge in [-0.2, -0.15) is 0 Å². The van der Waals surface area contributed by atoms with E-state index in [1.54, 1.807) is 36.4 Å². The molecule has 0 amide bonds. The van der Waals surface area contributed by atoms with E-state index in [2.05, 4.69) is 12.6 Å². The van der Waals surface area contributed by atoms with Crippen molar-refractivity contribution < 1.29 is 9.53 Å². The molecular weight excluding hydrogens is 220 g/mol. The van der Waals surface area contributed by atoms with Crippen LogP contribution in [0.1, 0.15) is 10.4 Å². The van der Waals surface area contributed by atoms with E-state index in [9.17, 15) is 4.79 Å². The second-order valence-corrected chi connectivity index (χ2v) is 3.77. The molecule has 2 nitrogen and oxygen atoms in total. The molecule has 80 valence electrons. The molecule has 2 rings (SSSR count). The van der Waals surface area contributed by atoms with Gasteiger partial charge in [-0.1, -0.05) is 18.2 Å². The lowest BCUT2D eigenvalue weighted by Gasteiger charge is -2.03. The van der Waals surface area contributed by atoms with E-state index in [0.29, 0.717) is 11.3 Å². The molecule has 0 aliphatic carbocycles. The highest BCUT2D eigenvalue weighted by Gasteiger charge is 2.07. The van der Waals surface area contributed by atoms with Crippen molar-refractivity contribution in [2.24, 2.45) is 0 Å². The number of rotatable bonds is 2. The molecule has 0 fully saturated rings. The fourth-order valence-corrected chi connectivity index (χ4v) is 1.40. The van der Waals surface area contributed by atoms with Crippen molar-refractivity contribution in [2.45, 2.75) is 4.90 Å². The highest BCUT2D eigenvalue weighted by Crippen LogP contribution is 2.13. The van der Waals surface area contributed by atoms with E-state index in [1.807, 2.05) is 18.2 Å². The summed E-state index contributed by atoms with van der Waals surface area (Å²) in [4.78, 5) is 12.5. The Balaban J connectivity index is 2.12. The predicted molar refractivity (Wildman–Crippen MR) is 65.1 cm³/mol. The Bertz CT molecular complexity index is 477. The van der Waals surface area contributed by atoms with E-state index < -0.39 is 0 Å². The van der Waals surface area contributed by atoms with Crippen molar-refractivity contribution in [1.29, 1.82) is 0 Å². The third-order valence-corrected chi connectivity index (χ3v) is 2.35. The first-order chi connectivity index (χ1) is 7.75. The van der Waals surface area contributed by atoms with Gasteiger partial charge in [0, 0.05) is 4.90 Å². The van der Waals surface area contributed by atoms with Gasteiger partial charge in [-0.05, 0) is 36.4 Å². The Morgan fingerprint density at radius 2 is 1.56 bits per heavy atom. The van der Waals surface area contributed by atoms with Crippen LogP contribution in [0.5, 0.6) is 5.75 Å². The number of ether oxygens (including phenoxy) is 1. The number of hydrogen-bond acceptors (Lipinski definition) is 3. The minimum Gasteiger partial charge on any atom is -0.423 e. The third-order valence-electron chi connectivity index (χ3n) is 2.06. The Labute approximate surface area is 99.3 Å².